The maximum atomic E-state index is 14.0. The number of nitrogens with one attached hydrogen (secondary N) is 2. The summed E-state index contributed by atoms with van der Waals surface area (Å²) in [4.78, 5) is 13.1. The van der Waals surface area contributed by atoms with Crippen molar-refractivity contribution < 1.29 is 22.7 Å². The first-order valence-corrected chi connectivity index (χ1v) is 11.2. The van der Waals surface area contributed by atoms with Crippen LogP contribution in [0.5, 0.6) is 5.75 Å². The van der Waals surface area contributed by atoms with Gasteiger partial charge >= 0.3 is 6.18 Å². The number of hydrogen-bond donors (Lipinski definition) is 2. The summed E-state index contributed by atoms with van der Waals surface area (Å²) >= 11 is 6.44. The Kier molecular flexibility index (Phi) is 5.80. The number of benzene rings is 3. The van der Waals surface area contributed by atoms with Crippen molar-refractivity contribution in [3.8, 4) is 5.75 Å². The molecule has 35 heavy (non-hydrogen) atoms. The first-order chi connectivity index (χ1) is 16.8. The van der Waals surface area contributed by atoms with Crippen molar-refractivity contribution in [3.05, 3.63) is 83.0 Å². The van der Waals surface area contributed by atoms with Crippen LogP contribution in [-0.4, -0.2) is 29.0 Å². The van der Waals surface area contributed by atoms with Gasteiger partial charge in [0.05, 0.1) is 13.2 Å². The van der Waals surface area contributed by atoms with Gasteiger partial charge in [0.2, 0.25) is 0 Å². The number of amides is 1. The summed E-state index contributed by atoms with van der Waals surface area (Å²) in [6.45, 7) is 0. The standard InChI is InChI=1S/C25H20ClF3N4O2/c1-35-16-11-9-15(10-12-16)19-13-20(25(27,28)29)33-23(30-19)21(26)22(32-33)24(34)31-18-8-4-6-14-5-2-3-7-17(14)18/h2-12,19-20,30H,13H2,1H3,(H,31,34). The summed E-state index contributed by atoms with van der Waals surface area (Å²) in [6, 6.07) is 16.9. The summed E-state index contributed by atoms with van der Waals surface area (Å²) in [5.74, 6) is -0.159. The Morgan fingerprint density at radius 2 is 1.83 bits per heavy atom. The third kappa shape index (κ3) is 4.27. The van der Waals surface area contributed by atoms with Crippen LogP contribution in [-0.2, 0) is 0 Å². The van der Waals surface area contributed by atoms with Crippen molar-refractivity contribution in [2.24, 2.45) is 0 Å². The first-order valence-electron chi connectivity index (χ1n) is 10.8. The number of halogens is 4. The van der Waals surface area contributed by atoms with Gasteiger partial charge in [-0.25, -0.2) is 4.68 Å². The Morgan fingerprint density at radius 1 is 1.11 bits per heavy atom. The van der Waals surface area contributed by atoms with Crippen molar-refractivity contribution >= 4 is 39.8 Å². The molecule has 0 saturated carbocycles. The van der Waals surface area contributed by atoms with Crippen LogP contribution >= 0.6 is 11.6 Å². The predicted octanol–water partition coefficient (Wildman–Crippen LogP) is 6.61. The maximum absolute atomic E-state index is 14.0. The molecule has 2 N–H and O–H groups in total. The first kappa shape index (κ1) is 23.0. The summed E-state index contributed by atoms with van der Waals surface area (Å²) in [7, 11) is 1.51. The number of ether oxygens (including phenoxy) is 1. The molecule has 2 atom stereocenters. The van der Waals surface area contributed by atoms with Gasteiger partial charge in [-0.1, -0.05) is 60.1 Å². The molecule has 10 heteroatoms. The molecular weight excluding hydrogens is 481 g/mol. The van der Waals surface area contributed by atoms with Gasteiger partial charge in [0.25, 0.3) is 5.91 Å². The lowest BCUT2D eigenvalue weighted by Crippen LogP contribution is -2.35. The number of rotatable bonds is 4. The molecule has 1 aliphatic rings. The molecule has 0 radical (unpaired) electrons. The lowest BCUT2D eigenvalue weighted by molar-refractivity contribution is -0.173. The van der Waals surface area contributed by atoms with E-state index in [1.54, 1.807) is 36.4 Å². The number of methoxy groups -OCH3 is 1. The van der Waals surface area contributed by atoms with E-state index in [0.717, 1.165) is 15.5 Å². The minimum absolute atomic E-state index is 0.0517. The fraction of sp³-hybridized carbons (Fsp3) is 0.200. The van der Waals surface area contributed by atoms with Crippen LogP contribution in [0.15, 0.2) is 66.7 Å². The van der Waals surface area contributed by atoms with Gasteiger partial charge in [-0.2, -0.15) is 18.3 Å². The van der Waals surface area contributed by atoms with Gasteiger partial charge in [0.15, 0.2) is 11.7 Å². The van der Waals surface area contributed by atoms with Crippen LogP contribution in [0.4, 0.5) is 24.7 Å². The van der Waals surface area contributed by atoms with E-state index in [9.17, 15) is 18.0 Å². The second kappa shape index (κ2) is 8.81. The van der Waals surface area contributed by atoms with Crippen molar-refractivity contribution in [2.75, 3.05) is 17.7 Å². The molecule has 4 aromatic rings. The predicted molar refractivity (Wildman–Crippen MR) is 128 cm³/mol. The Labute approximate surface area is 203 Å². The molecule has 1 amide bonds. The van der Waals surface area contributed by atoms with Crippen LogP contribution in [0, 0.1) is 0 Å². The molecule has 1 aliphatic heterocycles. The molecular formula is C25H20ClF3N4O2. The van der Waals surface area contributed by atoms with Crippen LogP contribution < -0.4 is 15.4 Å². The number of carbonyl (C=O) groups is 1. The minimum Gasteiger partial charge on any atom is -0.497 e. The van der Waals surface area contributed by atoms with E-state index in [-0.39, 0.29) is 23.0 Å². The summed E-state index contributed by atoms with van der Waals surface area (Å²) in [5, 5.41) is 11.3. The molecule has 1 aromatic heterocycles. The van der Waals surface area contributed by atoms with Crippen molar-refractivity contribution in [3.63, 3.8) is 0 Å². The molecule has 0 fully saturated rings. The maximum Gasteiger partial charge on any atom is 0.410 e. The normalized spacial score (nSPS) is 17.5. The lowest BCUT2D eigenvalue weighted by Gasteiger charge is -2.33. The van der Waals surface area contributed by atoms with Crippen molar-refractivity contribution in [1.82, 2.24) is 9.78 Å². The molecule has 180 valence electrons. The zero-order chi connectivity index (χ0) is 24.7. The van der Waals surface area contributed by atoms with Gasteiger partial charge in [-0.05, 0) is 29.1 Å². The summed E-state index contributed by atoms with van der Waals surface area (Å²) in [6.07, 6.45) is -4.91. The number of fused-ring (bicyclic) bond motifs is 2. The SMILES string of the molecule is COc1ccc(C2CC(C(F)(F)F)n3nc(C(=O)Nc4cccc5ccccc45)c(Cl)c3N2)cc1. The zero-order valence-corrected chi connectivity index (χ0v) is 19.2. The highest BCUT2D eigenvalue weighted by molar-refractivity contribution is 6.36. The molecule has 5 rings (SSSR count). The van der Waals surface area contributed by atoms with Gasteiger partial charge in [-0.15, -0.1) is 0 Å². The third-order valence-electron chi connectivity index (χ3n) is 6.07. The third-order valence-corrected chi connectivity index (χ3v) is 6.42. The Morgan fingerprint density at radius 3 is 2.54 bits per heavy atom. The van der Waals surface area contributed by atoms with Crippen LogP contribution in [0.3, 0.4) is 0 Å². The Hall–Kier alpha value is -3.72. The largest absolute Gasteiger partial charge is 0.497 e. The molecule has 2 heterocycles. The van der Waals surface area contributed by atoms with E-state index in [1.165, 1.54) is 7.11 Å². The second-order valence-corrected chi connectivity index (χ2v) is 8.58. The van der Waals surface area contributed by atoms with E-state index in [4.69, 9.17) is 16.3 Å². The van der Waals surface area contributed by atoms with Gasteiger partial charge in [0, 0.05) is 17.5 Å². The average molecular weight is 501 g/mol. The van der Waals surface area contributed by atoms with E-state index in [0.29, 0.717) is 17.0 Å². The highest BCUT2D eigenvalue weighted by Crippen LogP contribution is 2.46. The van der Waals surface area contributed by atoms with E-state index >= 15 is 0 Å². The minimum atomic E-state index is -4.60. The molecule has 0 bridgehead atoms. The fourth-order valence-corrected chi connectivity index (χ4v) is 4.57. The van der Waals surface area contributed by atoms with Gasteiger partial charge in [-0.3, -0.25) is 4.79 Å². The van der Waals surface area contributed by atoms with Crippen LogP contribution in [0.25, 0.3) is 10.8 Å². The number of carbonyl (C=O) groups excluding carboxylic acids is 1. The number of alkyl halides is 3. The quantitative estimate of drug-likeness (QED) is 0.331. The molecule has 0 spiro atoms. The molecule has 0 aliphatic carbocycles. The van der Waals surface area contributed by atoms with E-state index < -0.39 is 24.2 Å². The molecule has 2 unspecified atom stereocenters. The number of aromatic nitrogens is 2. The zero-order valence-electron chi connectivity index (χ0n) is 18.4. The Balaban J connectivity index is 1.50. The number of anilines is 2. The van der Waals surface area contributed by atoms with Gasteiger partial charge < -0.3 is 15.4 Å². The second-order valence-electron chi connectivity index (χ2n) is 8.20. The molecule has 6 nitrogen and oxygen atoms in total. The lowest BCUT2D eigenvalue weighted by atomic mass is 9.97. The highest BCUT2D eigenvalue weighted by Gasteiger charge is 2.47. The van der Waals surface area contributed by atoms with E-state index in [2.05, 4.69) is 15.7 Å². The fourth-order valence-electron chi connectivity index (χ4n) is 4.31. The summed E-state index contributed by atoms with van der Waals surface area (Å²) < 4.78 is 48.0. The highest BCUT2D eigenvalue weighted by atomic mass is 35.5. The molecule has 3 aromatic carbocycles. The average Bonchev–Trinajstić information content (AvgIpc) is 3.19. The number of nitrogens with zero attached hydrogens (tertiary/aromatic N) is 2. The Bertz CT molecular complexity index is 1400. The summed E-state index contributed by atoms with van der Waals surface area (Å²) in [5.41, 5.74) is 0.851. The van der Waals surface area contributed by atoms with Crippen molar-refractivity contribution in [1.29, 1.82) is 0 Å². The molecule has 0 saturated heterocycles. The number of hydrogen-bond acceptors (Lipinski definition) is 4. The van der Waals surface area contributed by atoms with Gasteiger partial charge in [0.1, 0.15) is 16.6 Å². The van der Waals surface area contributed by atoms with Crippen LogP contribution in [0.1, 0.15) is 34.6 Å². The topological polar surface area (TPSA) is 68.2 Å². The van der Waals surface area contributed by atoms with E-state index in [1.807, 2.05) is 30.3 Å². The van der Waals surface area contributed by atoms with Crippen LogP contribution in [0.2, 0.25) is 5.02 Å². The smallest absolute Gasteiger partial charge is 0.410 e. The monoisotopic (exact) mass is 500 g/mol. The van der Waals surface area contributed by atoms with Crippen molar-refractivity contribution in [2.45, 2.75) is 24.7 Å².